The number of carboxylic acid groups (broad SMARTS) is 1. The van der Waals surface area contributed by atoms with Gasteiger partial charge in [0.05, 0.1) is 10.9 Å². The molecule has 0 aliphatic rings. The fourth-order valence-corrected chi connectivity index (χ4v) is 3.60. The number of anilines is 1. The molecule has 0 fully saturated rings. The Morgan fingerprint density at radius 1 is 1.30 bits per heavy atom. The first-order chi connectivity index (χ1) is 12.9. The molecule has 0 atom stereocenters. The van der Waals surface area contributed by atoms with E-state index in [1.54, 1.807) is 0 Å². The molecule has 1 amide bonds. The fraction of sp³-hybridized carbons (Fsp3) is 0.222. The van der Waals surface area contributed by atoms with Crippen molar-refractivity contribution in [3.05, 3.63) is 57.2 Å². The van der Waals surface area contributed by atoms with Crippen LogP contribution < -0.4 is 10.9 Å². The predicted octanol–water partition coefficient (Wildman–Crippen LogP) is 2.89. The summed E-state index contributed by atoms with van der Waals surface area (Å²) in [6, 6.07) is 5.24. The molecule has 140 valence electrons. The van der Waals surface area contributed by atoms with Crippen LogP contribution in [0.5, 0.6) is 0 Å². The van der Waals surface area contributed by atoms with Crippen molar-refractivity contribution in [1.29, 1.82) is 0 Å². The lowest BCUT2D eigenvalue weighted by Crippen LogP contribution is -2.31. The lowest BCUT2D eigenvalue weighted by Gasteiger charge is -2.12. The number of amides is 1. The number of aromatic nitrogens is 2. The molecule has 0 aliphatic heterocycles. The number of carboxylic acids is 1. The van der Waals surface area contributed by atoms with Crippen molar-refractivity contribution >= 4 is 39.1 Å². The van der Waals surface area contributed by atoms with Crippen LogP contribution in [0.1, 0.15) is 29.5 Å². The van der Waals surface area contributed by atoms with E-state index >= 15 is 0 Å². The van der Waals surface area contributed by atoms with Crippen molar-refractivity contribution in [2.45, 2.75) is 26.3 Å². The van der Waals surface area contributed by atoms with Gasteiger partial charge in [0.2, 0.25) is 5.91 Å². The Hall–Kier alpha value is -3.07. The highest BCUT2D eigenvalue weighted by Crippen LogP contribution is 2.22. The van der Waals surface area contributed by atoms with Gasteiger partial charge in [-0.15, -0.1) is 11.3 Å². The van der Waals surface area contributed by atoms with Crippen molar-refractivity contribution in [2.75, 3.05) is 5.32 Å². The van der Waals surface area contributed by atoms with E-state index in [-0.39, 0.29) is 17.5 Å². The number of nitrogens with one attached hydrogen (secondary N) is 1. The topological polar surface area (TPSA) is 101 Å². The number of hydrogen-bond acceptors (Lipinski definition) is 5. The first-order valence-corrected chi connectivity index (χ1v) is 9.08. The van der Waals surface area contributed by atoms with Crippen LogP contribution >= 0.6 is 11.3 Å². The van der Waals surface area contributed by atoms with E-state index in [9.17, 15) is 23.9 Å². The summed E-state index contributed by atoms with van der Waals surface area (Å²) in [5.74, 6) is -1.72. The number of carbonyl (C=O) groups excluding carboxylic acids is 1. The van der Waals surface area contributed by atoms with Crippen molar-refractivity contribution in [1.82, 2.24) is 9.55 Å². The van der Waals surface area contributed by atoms with Crippen molar-refractivity contribution in [3.63, 3.8) is 0 Å². The van der Waals surface area contributed by atoms with Gasteiger partial charge < -0.3 is 10.4 Å². The standard InChI is InChI=1S/C18H16FN3O4S/c1-2-3-13-21-16-15(12(9-27-16)18(25)26)17(24)22(13)8-14(23)20-11-6-4-10(19)5-7-11/h4-7,9H,2-3,8H2,1H3,(H,20,23)(H,25,26). The highest BCUT2D eigenvalue weighted by atomic mass is 32.1. The zero-order valence-electron chi connectivity index (χ0n) is 14.4. The Bertz CT molecular complexity index is 1070. The fourth-order valence-electron chi connectivity index (χ4n) is 2.68. The molecule has 0 spiro atoms. The molecular weight excluding hydrogens is 373 g/mol. The number of fused-ring (bicyclic) bond motifs is 1. The summed E-state index contributed by atoms with van der Waals surface area (Å²) >= 11 is 1.09. The van der Waals surface area contributed by atoms with E-state index in [4.69, 9.17) is 0 Å². The maximum absolute atomic E-state index is 13.0. The first-order valence-electron chi connectivity index (χ1n) is 8.20. The molecule has 2 aromatic heterocycles. The second kappa shape index (κ2) is 7.67. The zero-order chi connectivity index (χ0) is 19.6. The Morgan fingerprint density at radius 2 is 2.00 bits per heavy atom. The van der Waals surface area contributed by atoms with Crippen LogP contribution in [0.2, 0.25) is 0 Å². The van der Waals surface area contributed by atoms with Crippen LogP contribution in [0, 0.1) is 5.82 Å². The third-order valence-corrected chi connectivity index (χ3v) is 4.78. The molecule has 27 heavy (non-hydrogen) atoms. The molecule has 0 unspecified atom stereocenters. The minimum atomic E-state index is -1.22. The molecule has 0 saturated carbocycles. The largest absolute Gasteiger partial charge is 0.478 e. The number of halogens is 1. The SMILES string of the molecule is CCCc1nc2scc(C(=O)O)c2c(=O)n1CC(=O)Nc1ccc(F)cc1. The third kappa shape index (κ3) is 3.87. The lowest BCUT2D eigenvalue weighted by molar-refractivity contribution is -0.116. The number of aryl methyl sites for hydroxylation is 1. The van der Waals surface area contributed by atoms with E-state index in [0.29, 0.717) is 29.2 Å². The zero-order valence-corrected chi connectivity index (χ0v) is 15.2. The van der Waals surface area contributed by atoms with E-state index in [1.807, 2.05) is 6.92 Å². The second-order valence-corrected chi connectivity index (χ2v) is 6.72. The van der Waals surface area contributed by atoms with Crippen molar-refractivity contribution in [3.8, 4) is 0 Å². The highest BCUT2D eigenvalue weighted by molar-refractivity contribution is 7.17. The number of rotatable bonds is 6. The molecule has 3 aromatic rings. The molecule has 2 N–H and O–H groups in total. The van der Waals surface area contributed by atoms with Gasteiger partial charge in [-0.2, -0.15) is 0 Å². The number of nitrogens with zero attached hydrogens (tertiary/aromatic N) is 2. The molecule has 2 heterocycles. The maximum atomic E-state index is 13.0. The summed E-state index contributed by atoms with van der Waals surface area (Å²) in [7, 11) is 0. The number of carbonyl (C=O) groups is 2. The summed E-state index contributed by atoms with van der Waals surface area (Å²) in [5, 5.41) is 13.2. The molecule has 0 bridgehead atoms. The molecule has 0 radical (unpaired) electrons. The quantitative estimate of drug-likeness (QED) is 0.675. The summed E-state index contributed by atoms with van der Waals surface area (Å²) in [4.78, 5) is 41.3. The summed E-state index contributed by atoms with van der Waals surface area (Å²) in [6.07, 6.45) is 1.17. The average Bonchev–Trinajstić information content (AvgIpc) is 3.05. The smallest absolute Gasteiger partial charge is 0.337 e. The van der Waals surface area contributed by atoms with Crippen molar-refractivity contribution < 1.29 is 19.1 Å². The Morgan fingerprint density at radius 3 is 2.63 bits per heavy atom. The predicted molar refractivity (Wildman–Crippen MR) is 99.9 cm³/mol. The third-order valence-electron chi connectivity index (χ3n) is 3.91. The van der Waals surface area contributed by atoms with Gasteiger partial charge in [-0.05, 0) is 30.7 Å². The number of thiophene rings is 1. The molecule has 3 rings (SSSR count). The van der Waals surface area contributed by atoms with Crippen LogP contribution in [0.15, 0.2) is 34.4 Å². The Balaban J connectivity index is 1.99. The summed E-state index contributed by atoms with van der Waals surface area (Å²) in [6.45, 7) is 1.60. The van der Waals surface area contributed by atoms with Gasteiger partial charge in [-0.3, -0.25) is 14.2 Å². The first kappa shape index (κ1) is 18.7. The monoisotopic (exact) mass is 389 g/mol. The van der Waals surface area contributed by atoms with Crippen LogP contribution in [0.3, 0.4) is 0 Å². The van der Waals surface area contributed by atoms with Gasteiger partial charge in [0.1, 0.15) is 23.0 Å². The number of aromatic carboxylic acids is 1. The molecule has 1 aromatic carbocycles. The molecule has 9 heteroatoms. The summed E-state index contributed by atoms with van der Waals surface area (Å²) < 4.78 is 14.2. The minimum Gasteiger partial charge on any atom is -0.478 e. The van der Waals surface area contributed by atoms with Gasteiger partial charge in [0.15, 0.2) is 0 Å². The maximum Gasteiger partial charge on any atom is 0.337 e. The average molecular weight is 389 g/mol. The van der Waals surface area contributed by atoms with E-state index in [2.05, 4.69) is 10.3 Å². The van der Waals surface area contributed by atoms with E-state index < -0.39 is 23.3 Å². The lowest BCUT2D eigenvalue weighted by atomic mass is 10.2. The minimum absolute atomic E-state index is 0.00179. The van der Waals surface area contributed by atoms with E-state index in [1.165, 1.54) is 34.2 Å². The van der Waals surface area contributed by atoms with Gasteiger partial charge in [0.25, 0.3) is 5.56 Å². The number of benzene rings is 1. The van der Waals surface area contributed by atoms with Gasteiger partial charge in [-0.25, -0.2) is 14.2 Å². The van der Waals surface area contributed by atoms with Gasteiger partial charge in [-0.1, -0.05) is 6.92 Å². The van der Waals surface area contributed by atoms with Crippen LogP contribution in [0.25, 0.3) is 10.2 Å². The number of hydrogen-bond donors (Lipinski definition) is 2. The Kier molecular flexibility index (Phi) is 5.31. The second-order valence-electron chi connectivity index (χ2n) is 5.86. The van der Waals surface area contributed by atoms with Gasteiger partial charge >= 0.3 is 5.97 Å². The molecule has 7 nitrogen and oxygen atoms in total. The molecular formula is C18H16FN3O4S. The molecule has 0 saturated heterocycles. The normalized spacial score (nSPS) is 10.9. The van der Waals surface area contributed by atoms with Gasteiger partial charge in [0, 0.05) is 17.5 Å². The van der Waals surface area contributed by atoms with Crippen molar-refractivity contribution in [2.24, 2.45) is 0 Å². The van der Waals surface area contributed by atoms with E-state index in [0.717, 1.165) is 11.3 Å². The molecule has 0 aliphatic carbocycles. The van der Waals surface area contributed by atoms with Crippen LogP contribution in [0.4, 0.5) is 10.1 Å². The Labute approximate surface area is 157 Å². The summed E-state index contributed by atoms with van der Waals surface area (Å²) in [5.41, 5.74) is -0.290. The highest BCUT2D eigenvalue weighted by Gasteiger charge is 2.20. The van der Waals surface area contributed by atoms with Crippen LogP contribution in [-0.2, 0) is 17.8 Å². The van der Waals surface area contributed by atoms with Crippen LogP contribution in [-0.4, -0.2) is 26.5 Å².